The van der Waals surface area contributed by atoms with E-state index in [1.807, 2.05) is 18.2 Å². The predicted octanol–water partition coefficient (Wildman–Crippen LogP) is 6.45. The number of aromatic hydroxyl groups is 1. The van der Waals surface area contributed by atoms with Gasteiger partial charge < -0.3 is 55.5 Å². The van der Waals surface area contributed by atoms with Crippen molar-refractivity contribution in [1.82, 2.24) is 10.3 Å². The lowest BCUT2D eigenvalue weighted by atomic mass is 9.80. The number of ether oxygens (including phenoxy) is 1. The number of furan rings is 1. The van der Waals surface area contributed by atoms with E-state index in [-0.39, 0.29) is 30.8 Å². The Bertz CT molecular complexity index is 1630. The molecule has 0 spiro atoms. The zero-order valence-electron chi connectivity index (χ0n) is 33.8. The number of unbranched alkanes of at least 4 members (excludes halogenated alkanes) is 3. The van der Waals surface area contributed by atoms with Gasteiger partial charge in [0.05, 0.1) is 18.8 Å². The second kappa shape index (κ2) is 22.1. The van der Waals surface area contributed by atoms with Crippen molar-refractivity contribution in [2.75, 3.05) is 19.7 Å². The Morgan fingerprint density at radius 2 is 1.82 bits per heavy atom. The van der Waals surface area contributed by atoms with Gasteiger partial charge in [0.1, 0.15) is 30.0 Å². The van der Waals surface area contributed by atoms with Gasteiger partial charge in [0.15, 0.2) is 11.5 Å². The van der Waals surface area contributed by atoms with Gasteiger partial charge >= 0.3 is 0 Å². The fourth-order valence-corrected chi connectivity index (χ4v) is 8.94. The summed E-state index contributed by atoms with van der Waals surface area (Å²) >= 11 is 0. The van der Waals surface area contributed by atoms with Crippen molar-refractivity contribution in [3.63, 3.8) is 0 Å². The molecule has 0 aliphatic heterocycles. The number of aliphatic hydroxyl groups is 4. The van der Waals surface area contributed by atoms with Crippen LogP contribution in [0.5, 0.6) is 11.5 Å². The summed E-state index contributed by atoms with van der Waals surface area (Å²) in [5.74, 6) is 3.73. The van der Waals surface area contributed by atoms with Crippen LogP contribution in [0.15, 0.2) is 34.7 Å². The van der Waals surface area contributed by atoms with Crippen LogP contribution < -0.4 is 15.8 Å². The molecule has 0 unspecified atom stereocenters. The van der Waals surface area contributed by atoms with E-state index >= 15 is 0 Å². The maximum Gasteiger partial charge on any atom is 0.161 e. The van der Waals surface area contributed by atoms with Gasteiger partial charge in [-0.05, 0) is 119 Å². The molecule has 0 bridgehead atoms. The van der Waals surface area contributed by atoms with E-state index in [9.17, 15) is 30.3 Å². The Balaban J connectivity index is 1.06. The zero-order valence-corrected chi connectivity index (χ0v) is 33.8. The molecule has 56 heavy (non-hydrogen) atoms. The number of ketones is 1. The Morgan fingerprint density at radius 1 is 1.00 bits per heavy atom. The number of phenols is 1. The van der Waals surface area contributed by atoms with E-state index in [1.54, 1.807) is 19.9 Å². The van der Waals surface area contributed by atoms with E-state index < -0.39 is 18.3 Å². The third kappa shape index (κ3) is 13.2. The van der Waals surface area contributed by atoms with Crippen molar-refractivity contribution >= 4 is 5.78 Å². The van der Waals surface area contributed by atoms with Crippen molar-refractivity contribution in [3.05, 3.63) is 69.9 Å². The third-order valence-electron chi connectivity index (χ3n) is 12.1. The highest BCUT2D eigenvalue weighted by molar-refractivity contribution is 5.75. The Kier molecular flexibility index (Phi) is 17.3. The Hall–Kier alpha value is -3.19. The van der Waals surface area contributed by atoms with E-state index in [0.717, 1.165) is 98.6 Å². The first-order valence-electron chi connectivity index (χ1n) is 21.4. The zero-order chi connectivity index (χ0) is 40.0. The van der Waals surface area contributed by atoms with E-state index in [1.165, 1.54) is 30.5 Å². The average molecular weight is 780 g/mol. The maximum atomic E-state index is 11.2. The van der Waals surface area contributed by atoms with Crippen molar-refractivity contribution in [2.24, 2.45) is 17.6 Å². The largest absolute Gasteiger partial charge is 0.504 e. The second-order valence-corrected chi connectivity index (χ2v) is 16.8. The van der Waals surface area contributed by atoms with Gasteiger partial charge in [-0.15, -0.1) is 0 Å². The number of aromatic amines is 1. The molecule has 0 radical (unpaired) electrons. The van der Waals surface area contributed by atoms with E-state index in [4.69, 9.17) is 14.9 Å². The summed E-state index contributed by atoms with van der Waals surface area (Å²) in [6.07, 6.45) is 13.5. The molecule has 11 heteroatoms. The number of phenolic OH excluding ortho intramolecular Hbond substituents is 1. The number of carbonyl (C=O) groups is 1. The molecular formula is C45H69N3O8. The van der Waals surface area contributed by atoms with E-state index in [2.05, 4.69) is 16.4 Å². The number of aryl methyl sites for hydroxylation is 4. The average Bonchev–Trinajstić information content (AvgIpc) is 3.91. The summed E-state index contributed by atoms with van der Waals surface area (Å²) in [4.78, 5) is 14.6. The Morgan fingerprint density at radius 3 is 2.61 bits per heavy atom. The number of Topliss-reactive ketones (excluding diaryl/α,β-unsaturated/α-hetero) is 1. The first-order valence-corrected chi connectivity index (χ1v) is 21.4. The fraction of sp³-hybridized carbons (Fsp3) is 0.667. The van der Waals surface area contributed by atoms with Gasteiger partial charge in [0.2, 0.25) is 0 Å². The molecule has 2 aliphatic rings. The summed E-state index contributed by atoms with van der Waals surface area (Å²) in [6, 6.07) is 9.41. The number of hydrogen-bond acceptors (Lipinski definition) is 10. The minimum Gasteiger partial charge on any atom is -0.504 e. The van der Waals surface area contributed by atoms with Gasteiger partial charge in [-0.2, -0.15) is 0 Å². The van der Waals surface area contributed by atoms with Gasteiger partial charge in [0.25, 0.3) is 0 Å². The quantitative estimate of drug-likeness (QED) is 0.0443. The molecule has 5 rings (SSSR count). The number of nitrogens with two attached hydrogens (primary N) is 1. The highest BCUT2D eigenvalue weighted by atomic mass is 16.5. The molecular weight excluding hydrogens is 711 g/mol. The number of aliphatic hydroxyl groups excluding tert-OH is 4. The number of carbonyl (C=O) groups excluding carboxylic acids is 1. The summed E-state index contributed by atoms with van der Waals surface area (Å²) in [5.41, 5.74) is 11.2. The van der Waals surface area contributed by atoms with Gasteiger partial charge in [-0.3, -0.25) is 0 Å². The lowest BCUT2D eigenvalue weighted by Crippen LogP contribution is -2.32. The first-order chi connectivity index (χ1) is 27.0. The lowest BCUT2D eigenvalue weighted by Gasteiger charge is -2.27. The highest BCUT2D eigenvalue weighted by Crippen LogP contribution is 2.47. The van der Waals surface area contributed by atoms with E-state index in [0.29, 0.717) is 56.2 Å². The maximum absolute atomic E-state index is 11.2. The molecule has 11 nitrogen and oxygen atoms in total. The monoisotopic (exact) mass is 780 g/mol. The molecule has 7 atom stereocenters. The molecule has 312 valence electrons. The number of aromatic nitrogens is 1. The van der Waals surface area contributed by atoms with Crippen LogP contribution in [-0.4, -0.2) is 74.2 Å². The molecule has 1 aromatic carbocycles. The summed E-state index contributed by atoms with van der Waals surface area (Å²) < 4.78 is 12.2. The number of nitrogens with one attached hydrogen (secondary N) is 2. The molecule has 9 N–H and O–H groups in total. The fourth-order valence-electron chi connectivity index (χ4n) is 8.94. The number of hydrogen-bond donors (Lipinski definition) is 8. The topological polar surface area (TPSA) is 194 Å². The van der Waals surface area contributed by atoms with Crippen LogP contribution in [0.1, 0.15) is 149 Å². The van der Waals surface area contributed by atoms with Gasteiger partial charge in [-0.25, -0.2) is 0 Å². The van der Waals surface area contributed by atoms with Crippen molar-refractivity contribution < 1.29 is 39.5 Å². The normalized spacial score (nSPS) is 20.2. The number of benzene rings is 1. The van der Waals surface area contributed by atoms with Crippen LogP contribution in [0.3, 0.4) is 0 Å². The molecule has 1 fully saturated rings. The van der Waals surface area contributed by atoms with Crippen molar-refractivity contribution in [2.45, 2.75) is 160 Å². The van der Waals surface area contributed by atoms with Crippen molar-refractivity contribution in [3.8, 4) is 11.5 Å². The lowest BCUT2D eigenvalue weighted by molar-refractivity contribution is -0.117. The summed E-state index contributed by atoms with van der Waals surface area (Å²) in [5, 5.41) is 55.2. The molecule has 3 aromatic rings. The minimum absolute atomic E-state index is 0.00503. The molecule has 0 amide bonds. The number of fused-ring (bicyclic) bond motifs is 2. The number of rotatable bonds is 25. The van der Waals surface area contributed by atoms with Crippen LogP contribution in [0.25, 0.3) is 0 Å². The first kappa shape index (κ1) is 43.9. The molecule has 1 saturated carbocycles. The second-order valence-electron chi connectivity index (χ2n) is 16.8. The predicted molar refractivity (Wildman–Crippen MR) is 218 cm³/mol. The van der Waals surface area contributed by atoms with Crippen LogP contribution in [-0.2, 0) is 37.1 Å². The summed E-state index contributed by atoms with van der Waals surface area (Å²) in [6.45, 7) is 4.64. The molecule has 2 aromatic heterocycles. The van der Waals surface area contributed by atoms with Crippen LogP contribution in [0, 0.1) is 11.8 Å². The SMILES string of the molecule is CC(=O)CC[C@@H](O)CC[C@@H](N)CCCCCCc1oc(CCc2ccc(O)c(OC[C@H](O)c3cc4c([nH]3)CC[C@H]3CCC[C@@H]3[C@@H]4CNC[C@H](C)O)c2)cc1CO. The number of H-pyrrole nitrogens is 1. The van der Waals surface area contributed by atoms with Crippen molar-refractivity contribution in [1.29, 1.82) is 0 Å². The van der Waals surface area contributed by atoms with Gasteiger partial charge in [0, 0.05) is 61.3 Å². The highest BCUT2D eigenvalue weighted by Gasteiger charge is 2.38. The Labute approximate surface area is 333 Å². The van der Waals surface area contributed by atoms with Gasteiger partial charge in [-0.1, -0.05) is 38.2 Å². The van der Waals surface area contributed by atoms with Crippen LogP contribution in [0.2, 0.25) is 0 Å². The summed E-state index contributed by atoms with van der Waals surface area (Å²) in [7, 11) is 0. The molecule has 2 aliphatic carbocycles. The standard InChI is InChI=1S/C45H69N3O8/c1-29(50)12-17-35(52)18-16-34(46)9-5-3-4-6-11-44-33(27-49)23-36(56-44)19-13-31-14-21-42(53)45(22-31)55-28-43(54)41-24-38-39(26-47-25-30(2)51)37-10-7-8-32(37)15-20-40(38)48-41/h14,21-24,30,32,34-35,37,39,43,47-49,51-54H,3-13,15-20,25-28,46H2,1-2H3/t30-,32+,34-,35+,37-,39-,43-/m0/s1. The third-order valence-corrected chi connectivity index (χ3v) is 12.1. The minimum atomic E-state index is -0.888. The molecule has 2 heterocycles. The molecule has 0 saturated heterocycles. The van der Waals surface area contributed by atoms with Crippen LogP contribution in [0.4, 0.5) is 0 Å². The smallest absolute Gasteiger partial charge is 0.161 e. The van der Waals surface area contributed by atoms with Crippen LogP contribution >= 0.6 is 0 Å².